The lowest BCUT2D eigenvalue weighted by atomic mass is 10.1. The summed E-state index contributed by atoms with van der Waals surface area (Å²) in [6, 6.07) is 23.2. The van der Waals surface area contributed by atoms with E-state index in [1.54, 1.807) is 36.4 Å². The Hall–Kier alpha value is -3.32. The second kappa shape index (κ2) is 11.3. The van der Waals surface area contributed by atoms with Crippen molar-refractivity contribution < 1.29 is 23.1 Å². The third-order valence-corrected chi connectivity index (χ3v) is 6.38. The van der Waals surface area contributed by atoms with Crippen LogP contribution in [0.1, 0.15) is 30.4 Å². The first kappa shape index (κ1) is 23.3. The highest BCUT2D eigenvalue weighted by Crippen LogP contribution is 2.23. The van der Waals surface area contributed by atoms with Gasteiger partial charge in [0.2, 0.25) is 0 Å². The minimum atomic E-state index is -3.64. The maximum atomic E-state index is 12.6. The molecule has 0 saturated heterocycles. The molecule has 0 aliphatic rings. The highest BCUT2D eigenvalue weighted by Gasteiger charge is 2.15. The van der Waals surface area contributed by atoms with Crippen LogP contribution >= 0.6 is 0 Å². The van der Waals surface area contributed by atoms with E-state index in [1.165, 1.54) is 0 Å². The molecule has 3 rings (SSSR count). The Morgan fingerprint density at radius 2 is 1.47 bits per heavy atom. The number of aryl methyl sites for hydroxylation is 2. The number of carboxylic acid groups (broad SMARTS) is 1. The van der Waals surface area contributed by atoms with E-state index in [0.717, 1.165) is 24.0 Å². The number of benzene rings is 3. The first-order chi connectivity index (χ1) is 15.5. The van der Waals surface area contributed by atoms with Crippen molar-refractivity contribution in [2.45, 2.75) is 37.0 Å². The number of unbranched alkanes of at least 4 members (excludes halogenated alkanes) is 1. The van der Waals surface area contributed by atoms with Gasteiger partial charge in [0, 0.05) is 6.42 Å². The maximum absolute atomic E-state index is 12.6. The number of ether oxygens (including phenoxy) is 1. The van der Waals surface area contributed by atoms with Crippen LogP contribution in [0.25, 0.3) is 0 Å². The normalized spacial score (nSPS) is 11.1. The van der Waals surface area contributed by atoms with Crippen LogP contribution in [-0.2, 0) is 27.7 Å². The molecule has 0 radical (unpaired) electrons. The lowest BCUT2D eigenvalue weighted by Gasteiger charge is -2.13. The van der Waals surface area contributed by atoms with Crippen LogP contribution in [0.15, 0.2) is 83.8 Å². The van der Waals surface area contributed by atoms with Crippen LogP contribution in [0, 0.1) is 0 Å². The number of rotatable bonds is 12. The molecule has 0 saturated carbocycles. The van der Waals surface area contributed by atoms with Crippen LogP contribution in [0.3, 0.4) is 0 Å². The highest BCUT2D eigenvalue weighted by atomic mass is 32.2. The van der Waals surface area contributed by atoms with Crippen molar-refractivity contribution in [1.82, 2.24) is 0 Å². The average Bonchev–Trinajstić information content (AvgIpc) is 2.79. The van der Waals surface area contributed by atoms with Crippen molar-refractivity contribution in [3.63, 3.8) is 0 Å². The second-order valence-electron chi connectivity index (χ2n) is 7.38. The molecule has 0 aromatic heterocycles. The molecule has 3 aromatic rings. The molecule has 0 aliphatic heterocycles. The Bertz CT molecular complexity index is 1130. The van der Waals surface area contributed by atoms with E-state index in [1.807, 2.05) is 42.5 Å². The van der Waals surface area contributed by atoms with Crippen LogP contribution in [0.4, 0.5) is 5.69 Å². The minimum absolute atomic E-state index is 0.0655. The third-order valence-electron chi connectivity index (χ3n) is 4.99. The molecule has 0 spiro atoms. The van der Waals surface area contributed by atoms with Gasteiger partial charge < -0.3 is 9.84 Å². The molecular formula is C25H27NO5S. The number of hydrogen-bond acceptors (Lipinski definition) is 4. The summed E-state index contributed by atoms with van der Waals surface area (Å²) in [5.74, 6) is -0.119. The Labute approximate surface area is 188 Å². The zero-order valence-corrected chi connectivity index (χ0v) is 18.6. The van der Waals surface area contributed by atoms with E-state index in [0.29, 0.717) is 30.9 Å². The summed E-state index contributed by atoms with van der Waals surface area (Å²) in [6.45, 7) is 0.502. The highest BCUT2D eigenvalue weighted by molar-refractivity contribution is 7.92. The molecule has 2 N–H and O–H groups in total. The molecule has 0 atom stereocenters. The average molecular weight is 454 g/mol. The number of hydrogen-bond donors (Lipinski definition) is 2. The van der Waals surface area contributed by atoms with Gasteiger partial charge in [-0.05, 0) is 61.1 Å². The molecule has 0 bridgehead atoms. The fraction of sp³-hybridized carbons (Fsp3) is 0.240. The SMILES string of the molecule is O=C(O)CCc1ccccc1OCCCCc1ccccc1NS(=O)(=O)c1ccccc1. The van der Waals surface area contributed by atoms with Gasteiger partial charge in [0.25, 0.3) is 10.0 Å². The Balaban J connectivity index is 1.53. The number of carboxylic acids is 1. The predicted octanol–water partition coefficient (Wildman–Crippen LogP) is 4.91. The van der Waals surface area contributed by atoms with Crippen LogP contribution in [0.5, 0.6) is 5.75 Å². The van der Waals surface area contributed by atoms with E-state index in [9.17, 15) is 13.2 Å². The molecule has 32 heavy (non-hydrogen) atoms. The van der Waals surface area contributed by atoms with Crippen LogP contribution < -0.4 is 9.46 Å². The molecule has 0 amide bonds. The van der Waals surface area contributed by atoms with E-state index in [4.69, 9.17) is 9.84 Å². The molecule has 0 fully saturated rings. The van der Waals surface area contributed by atoms with Gasteiger partial charge in [0.05, 0.1) is 17.2 Å². The predicted molar refractivity (Wildman–Crippen MR) is 125 cm³/mol. The number of sulfonamides is 1. The van der Waals surface area contributed by atoms with Gasteiger partial charge in [-0.1, -0.05) is 54.6 Å². The molecule has 168 valence electrons. The largest absolute Gasteiger partial charge is 0.493 e. The topological polar surface area (TPSA) is 92.7 Å². The minimum Gasteiger partial charge on any atom is -0.493 e. The van der Waals surface area contributed by atoms with E-state index < -0.39 is 16.0 Å². The molecular weight excluding hydrogens is 426 g/mol. The molecule has 7 heteroatoms. The van der Waals surface area contributed by atoms with Gasteiger partial charge in [0.1, 0.15) is 5.75 Å². The Morgan fingerprint density at radius 1 is 0.812 bits per heavy atom. The first-order valence-corrected chi connectivity index (χ1v) is 12.0. The van der Waals surface area contributed by atoms with Crippen molar-refractivity contribution in [1.29, 1.82) is 0 Å². The fourth-order valence-corrected chi connectivity index (χ4v) is 4.46. The van der Waals surface area contributed by atoms with Crippen LogP contribution in [0.2, 0.25) is 0 Å². The van der Waals surface area contributed by atoms with Crippen molar-refractivity contribution >= 4 is 21.7 Å². The number of carbonyl (C=O) groups is 1. The standard InChI is InChI=1S/C25H27NO5S/c27-25(28)18-17-21-12-5-7-16-24(21)31-19-9-8-11-20-10-4-6-15-23(20)26-32(29,30)22-13-2-1-3-14-22/h1-7,10,12-16,26H,8-9,11,17-19H2,(H,27,28). The number of aliphatic carboxylic acids is 1. The van der Waals surface area contributed by atoms with Crippen molar-refractivity contribution in [3.8, 4) is 5.75 Å². The van der Waals surface area contributed by atoms with Gasteiger partial charge in [-0.25, -0.2) is 8.42 Å². The fourth-order valence-electron chi connectivity index (χ4n) is 3.33. The van der Waals surface area contributed by atoms with Gasteiger partial charge in [-0.15, -0.1) is 0 Å². The zero-order chi connectivity index (χ0) is 22.8. The lowest BCUT2D eigenvalue weighted by molar-refractivity contribution is -0.136. The van der Waals surface area contributed by atoms with Crippen molar-refractivity contribution in [3.05, 3.63) is 90.0 Å². The monoisotopic (exact) mass is 453 g/mol. The van der Waals surface area contributed by atoms with Gasteiger partial charge in [-0.3, -0.25) is 9.52 Å². The van der Waals surface area contributed by atoms with Crippen molar-refractivity contribution in [2.75, 3.05) is 11.3 Å². The van der Waals surface area contributed by atoms with E-state index >= 15 is 0 Å². The molecule has 0 unspecified atom stereocenters. The van der Waals surface area contributed by atoms with Crippen LogP contribution in [-0.4, -0.2) is 26.1 Å². The first-order valence-electron chi connectivity index (χ1n) is 10.5. The van der Waals surface area contributed by atoms with Gasteiger partial charge in [-0.2, -0.15) is 0 Å². The molecule has 6 nitrogen and oxygen atoms in total. The second-order valence-corrected chi connectivity index (χ2v) is 9.07. The summed E-state index contributed by atoms with van der Waals surface area (Å²) in [4.78, 5) is 11.1. The van der Waals surface area contributed by atoms with Crippen molar-refractivity contribution in [2.24, 2.45) is 0 Å². The van der Waals surface area contributed by atoms with E-state index in [2.05, 4.69) is 4.72 Å². The summed E-state index contributed by atoms with van der Waals surface area (Å²) in [7, 11) is -3.64. The molecule has 3 aromatic carbocycles. The summed E-state index contributed by atoms with van der Waals surface area (Å²) >= 11 is 0. The third kappa shape index (κ3) is 6.85. The maximum Gasteiger partial charge on any atom is 0.303 e. The summed E-state index contributed by atoms with van der Waals surface area (Å²) in [5, 5.41) is 8.89. The molecule has 0 heterocycles. The lowest BCUT2D eigenvalue weighted by Crippen LogP contribution is -2.14. The number of para-hydroxylation sites is 2. The van der Waals surface area contributed by atoms with E-state index in [-0.39, 0.29) is 11.3 Å². The van der Waals surface area contributed by atoms with Gasteiger partial charge in [0.15, 0.2) is 0 Å². The number of anilines is 1. The smallest absolute Gasteiger partial charge is 0.303 e. The zero-order valence-electron chi connectivity index (χ0n) is 17.7. The Kier molecular flexibility index (Phi) is 8.27. The summed E-state index contributed by atoms with van der Waals surface area (Å²) in [6.07, 6.45) is 2.81. The Morgan fingerprint density at radius 3 is 2.22 bits per heavy atom. The molecule has 0 aliphatic carbocycles. The number of nitrogens with one attached hydrogen (secondary N) is 1. The quantitative estimate of drug-likeness (QED) is 0.380. The summed E-state index contributed by atoms with van der Waals surface area (Å²) in [5.41, 5.74) is 2.39. The van der Waals surface area contributed by atoms with Gasteiger partial charge >= 0.3 is 5.97 Å². The summed E-state index contributed by atoms with van der Waals surface area (Å²) < 4.78 is 33.9.